The third-order valence-corrected chi connectivity index (χ3v) is 2.49. The molecule has 0 unspecified atom stereocenters. The van der Waals surface area contributed by atoms with Crippen LogP contribution in [0.2, 0.25) is 0 Å². The molecular formula is C8H5Br2NO2. The highest BCUT2D eigenvalue weighted by molar-refractivity contribution is 9.06. The smallest absolute Gasteiger partial charge is 0.179 e. The van der Waals surface area contributed by atoms with Crippen LogP contribution in [-0.2, 0) is 0 Å². The molecule has 1 aromatic heterocycles. The van der Waals surface area contributed by atoms with E-state index in [4.69, 9.17) is 7.66 Å². The van der Waals surface area contributed by atoms with Gasteiger partial charge >= 0.3 is 0 Å². The average Bonchev–Trinajstić information content (AvgIpc) is 2.63. The van der Waals surface area contributed by atoms with Crippen LogP contribution < -0.4 is 7.66 Å². The Hall–Kier alpha value is -0.680. The summed E-state index contributed by atoms with van der Waals surface area (Å²) >= 11 is 5.85. The van der Waals surface area contributed by atoms with E-state index in [1.54, 1.807) is 6.07 Å². The van der Waals surface area contributed by atoms with Gasteiger partial charge in [0.2, 0.25) is 0 Å². The molecule has 0 radical (unpaired) electrons. The van der Waals surface area contributed by atoms with E-state index in [9.17, 15) is 0 Å². The predicted molar refractivity (Wildman–Crippen MR) is 57.4 cm³/mol. The summed E-state index contributed by atoms with van der Waals surface area (Å²) in [7, 11) is 0. The molecule has 1 N–H and O–H groups in total. The highest BCUT2D eigenvalue weighted by atomic mass is 79.9. The second kappa shape index (κ2) is 3.59. The van der Waals surface area contributed by atoms with E-state index in [0.717, 1.165) is 10.9 Å². The summed E-state index contributed by atoms with van der Waals surface area (Å²) in [5.41, 5.74) is 0.935. The van der Waals surface area contributed by atoms with Gasteiger partial charge in [-0.1, -0.05) is 0 Å². The maximum absolute atomic E-state index is 5.01. The van der Waals surface area contributed by atoms with Crippen molar-refractivity contribution in [2.24, 2.45) is 0 Å². The van der Waals surface area contributed by atoms with E-state index in [1.165, 1.54) is 0 Å². The van der Waals surface area contributed by atoms with E-state index in [1.807, 2.05) is 18.3 Å². The van der Waals surface area contributed by atoms with Crippen molar-refractivity contribution >= 4 is 43.4 Å². The molecule has 5 heteroatoms. The quantitative estimate of drug-likeness (QED) is 0.921. The zero-order valence-corrected chi connectivity index (χ0v) is 9.55. The van der Waals surface area contributed by atoms with Crippen molar-refractivity contribution in [2.45, 2.75) is 0 Å². The van der Waals surface area contributed by atoms with Crippen molar-refractivity contribution in [3.05, 3.63) is 24.4 Å². The third-order valence-electron chi connectivity index (χ3n) is 1.77. The second-order valence-electron chi connectivity index (χ2n) is 2.52. The Kier molecular flexibility index (Phi) is 2.46. The van der Waals surface area contributed by atoms with Gasteiger partial charge in [0, 0.05) is 17.6 Å². The minimum atomic E-state index is 0.692. The molecule has 1 aromatic carbocycles. The molecule has 0 spiro atoms. The lowest BCUT2D eigenvalue weighted by Gasteiger charge is -2.01. The van der Waals surface area contributed by atoms with Crippen LogP contribution in [0.15, 0.2) is 24.4 Å². The summed E-state index contributed by atoms with van der Waals surface area (Å²) in [6.45, 7) is 0. The van der Waals surface area contributed by atoms with Gasteiger partial charge in [-0.2, -0.15) is 0 Å². The molecule has 2 rings (SSSR count). The fourth-order valence-corrected chi connectivity index (χ4v) is 1.66. The maximum atomic E-state index is 5.01. The maximum Gasteiger partial charge on any atom is 0.179 e. The number of H-pyrrole nitrogens is 1. The van der Waals surface area contributed by atoms with Crippen LogP contribution in [0.25, 0.3) is 10.9 Å². The SMILES string of the molecule is BrOc1cc(OBr)c2[nH]ccc2c1. The fourth-order valence-electron chi connectivity index (χ4n) is 1.22. The number of hydrogen-bond acceptors (Lipinski definition) is 2. The van der Waals surface area contributed by atoms with Crippen LogP contribution in [0.1, 0.15) is 0 Å². The molecule has 0 aliphatic carbocycles. The van der Waals surface area contributed by atoms with Crippen molar-refractivity contribution in [3.63, 3.8) is 0 Å². The molecule has 0 amide bonds. The Balaban J connectivity index is 2.70. The van der Waals surface area contributed by atoms with Crippen LogP contribution in [-0.4, -0.2) is 4.98 Å². The molecule has 3 nitrogen and oxygen atoms in total. The monoisotopic (exact) mass is 305 g/mol. The molecule has 0 fully saturated rings. The summed E-state index contributed by atoms with van der Waals surface area (Å²) in [5, 5.41) is 1.03. The van der Waals surface area contributed by atoms with Crippen molar-refractivity contribution in [1.29, 1.82) is 0 Å². The zero-order chi connectivity index (χ0) is 9.26. The molecule has 0 aliphatic heterocycles. The largest absolute Gasteiger partial charge is 0.418 e. The van der Waals surface area contributed by atoms with Gasteiger partial charge in [0.05, 0.1) is 5.52 Å². The molecule has 0 saturated heterocycles. The van der Waals surface area contributed by atoms with Gasteiger partial charge in [-0.05, 0) is 12.1 Å². The number of halogens is 2. The third kappa shape index (κ3) is 1.53. The van der Waals surface area contributed by atoms with Gasteiger partial charge in [0.1, 0.15) is 5.75 Å². The van der Waals surface area contributed by atoms with E-state index in [2.05, 4.69) is 37.5 Å². The lowest BCUT2D eigenvalue weighted by molar-refractivity contribution is 0.653. The molecular weight excluding hydrogens is 302 g/mol. The van der Waals surface area contributed by atoms with E-state index in [0.29, 0.717) is 11.5 Å². The Bertz CT molecular complexity index is 427. The minimum absolute atomic E-state index is 0.692. The molecule has 0 saturated carbocycles. The van der Waals surface area contributed by atoms with Crippen molar-refractivity contribution in [3.8, 4) is 11.5 Å². The number of aromatic nitrogens is 1. The molecule has 2 aromatic rings. The van der Waals surface area contributed by atoms with Gasteiger partial charge < -0.3 is 12.6 Å². The molecule has 68 valence electrons. The number of benzene rings is 1. The summed E-state index contributed by atoms with van der Waals surface area (Å²) in [5.74, 6) is 1.39. The van der Waals surface area contributed by atoms with Gasteiger partial charge in [-0.3, -0.25) is 0 Å². The lowest BCUT2D eigenvalue weighted by atomic mass is 10.2. The molecule has 1 heterocycles. The second-order valence-corrected chi connectivity index (χ2v) is 3.17. The van der Waals surface area contributed by atoms with Crippen LogP contribution in [0, 0.1) is 0 Å². The number of fused-ring (bicyclic) bond motifs is 1. The topological polar surface area (TPSA) is 34.2 Å². The highest BCUT2D eigenvalue weighted by Crippen LogP contribution is 2.31. The van der Waals surface area contributed by atoms with Crippen LogP contribution in [0.3, 0.4) is 0 Å². The number of aromatic amines is 1. The first-order valence-electron chi connectivity index (χ1n) is 3.53. The summed E-state index contributed by atoms with van der Waals surface area (Å²) in [6.07, 6.45) is 1.85. The normalized spacial score (nSPS) is 10.3. The summed E-state index contributed by atoms with van der Waals surface area (Å²) in [6, 6.07) is 5.61. The van der Waals surface area contributed by atoms with E-state index in [-0.39, 0.29) is 0 Å². The van der Waals surface area contributed by atoms with Crippen molar-refractivity contribution in [2.75, 3.05) is 0 Å². The summed E-state index contributed by atoms with van der Waals surface area (Å²) < 4.78 is 9.94. The number of hydrogen-bond donors (Lipinski definition) is 1. The van der Waals surface area contributed by atoms with Gasteiger partial charge in [0.15, 0.2) is 38.3 Å². The number of nitrogens with one attached hydrogen (secondary N) is 1. The van der Waals surface area contributed by atoms with Crippen molar-refractivity contribution in [1.82, 2.24) is 4.98 Å². The van der Waals surface area contributed by atoms with E-state index >= 15 is 0 Å². The molecule has 13 heavy (non-hydrogen) atoms. The standard InChI is InChI=1S/C8H5Br2NO2/c9-12-6-3-5-1-2-11-8(5)7(4-6)13-10/h1-4,11H. The zero-order valence-electron chi connectivity index (χ0n) is 6.38. The predicted octanol–water partition coefficient (Wildman–Crippen LogP) is 3.55. The highest BCUT2D eigenvalue weighted by Gasteiger charge is 2.06. The lowest BCUT2D eigenvalue weighted by Crippen LogP contribution is -1.80. The van der Waals surface area contributed by atoms with Gasteiger partial charge in [-0.25, -0.2) is 0 Å². The van der Waals surface area contributed by atoms with Gasteiger partial charge in [-0.15, -0.1) is 0 Å². The minimum Gasteiger partial charge on any atom is -0.418 e. The molecule has 0 aliphatic rings. The fraction of sp³-hybridized carbons (Fsp3) is 0. The van der Waals surface area contributed by atoms with Crippen LogP contribution >= 0.6 is 32.5 Å². The molecule has 0 atom stereocenters. The van der Waals surface area contributed by atoms with Gasteiger partial charge in [0.25, 0.3) is 0 Å². The first-order chi connectivity index (χ1) is 6.35. The Morgan fingerprint density at radius 2 is 2.00 bits per heavy atom. The van der Waals surface area contributed by atoms with Crippen LogP contribution in [0.5, 0.6) is 11.5 Å². The first kappa shape index (κ1) is 8.90. The number of rotatable bonds is 2. The molecule has 0 bridgehead atoms. The Labute approximate surface area is 91.9 Å². The Morgan fingerprint density at radius 1 is 1.15 bits per heavy atom. The first-order valence-corrected chi connectivity index (χ1v) is 4.83. The van der Waals surface area contributed by atoms with Crippen molar-refractivity contribution < 1.29 is 7.66 Å². The van der Waals surface area contributed by atoms with Crippen LogP contribution in [0.4, 0.5) is 0 Å². The van der Waals surface area contributed by atoms with E-state index < -0.39 is 0 Å². The Morgan fingerprint density at radius 3 is 2.69 bits per heavy atom. The summed E-state index contributed by atoms with van der Waals surface area (Å²) in [4.78, 5) is 3.06. The average molecular weight is 307 g/mol.